The van der Waals surface area contributed by atoms with Gasteiger partial charge < -0.3 is 20.9 Å². The van der Waals surface area contributed by atoms with Crippen LogP contribution in [0, 0.1) is 0 Å². The van der Waals surface area contributed by atoms with Crippen LogP contribution in [-0.2, 0) is 0 Å². The van der Waals surface area contributed by atoms with Crippen LogP contribution < -0.4 is 20.9 Å². The third-order valence-corrected chi connectivity index (χ3v) is 2.57. The Kier molecular flexibility index (Phi) is 3.56. The lowest BCUT2D eigenvalue weighted by molar-refractivity contribution is 0.1000. The Morgan fingerprint density at radius 3 is 2.58 bits per heavy atom. The minimum atomic E-state index is -0.510. The molecule has 0 aliphatic carbocycles. The summed E-state index contributed by atoms with van der Waals surface area (Å²) in [6.07, 6.45) is 0. The predicted octanol–water partition coefficient (Wildman–Crippen LogP) is 2.17. The van der Waals surface area contributed by atoms with E-state index in [0.717, 1.165) is 0 Å². The molecule has 0 saturated heterocycles. The van der Waals surface area contributed by atoms with Gasteiger partial charge in [0.25, 0.3) is 0 Å². The summed E-state index contributed by atoms with van der Waals surface area (Å²) in [5.74, 6) is 1.07. The fourth-order valence-electron chi connectivity index (χ4n) is 1.57. The fraction of sp³-hybridized carbons (Fsp3) is 0.0714. The SMILES string of the molecule is COc1ccc(N)c(Oc2cccc(C(N)=O)c2)c1. The molecule has 0 unspecified atom stereocenters. The first-order valence-electron chi connectivity index (χ1n) is 5.61. The number of amides is 1. The minimum absolute atomic E-state index is 0.374. The van der Waals surface area contributed by atoms with Crippen LogP contribution in [0.25, 0.3) is 0 Å². The predicted molar refractivity (Wildman–Crippen MR) is 72.4 cm³/mol. The monoisotopic (exact) mass is 258 g/mol. The number of methoxy groups -OCH3 is 1. The van der Waals surface area contributed by atoms with Crippen LogP contribution in [0.3, 0.4) is 0 Å². The van der Waals surface area contributed by atoms with Crippen molar-refractivity contribution in [2.45, 2.75) is 0 Å². The van der Waals surface area contributed by atoms with Gasteiger partial charge in [-0.3, -0.25) is 4.79 Å². The topological polar surface area (TPSA) is 87.6 Å². The second-order valence-electron chi connectivity index (χ2n) is 3.90. The van der Waals surface area contributed by atoms with Gasteiger partial charge in [-0.1, -0.05) is 6.07 Å². The molecule has 0 fully saturated rings. The summed E-state index contributed by atoms with van der Waals surface area (Å²) in [7, 11) is 1.56. The van der Waals surface area contributed by atoms with Crippen LogP contribution in [0.5, 0.6) is 17.2 Å². The number of rotatable bonds is 4. The second-order valence-corrected chi connectivity index (χ2v) is 3.90. The number of hydrogen-bond acceptors (Lipinski definition) is 4. The number of anilines is 1. The van der Waals surface area contributed by atoms with Crippen LogP contribution in [0.1, 0.15) is 10.4 Å². The number of carbonyl (C=O) groups excluding carboxylic acids is 1. The lowest BCUT2D eigenvalue weighted by Gasteiger charge is -2.10. The van der Waals surface area contributed by atoms with Crippen LogP contribution in [0.2, 0.25) is 0 Å². The lowest BCUT2D eigenvalue weighted by atomic mass is 10.2. The maximum absolute atomic E-state index is 11.1. The smallest absolute Gasteiger partial charge is 0.248 e. The summed E-state index contributed by atoms with van der Waals surface area (Å²) in [6.45, 7) is 0. The second kappa shape index (κ2) is 5.30. The Bertz CT molecular complexity index is 611. The first-order valence-corrected chi connectivity index (χ1v) is 5.61. The van der Waals surface area contributed by atoms with Crippen molar-refractivity contribution < 1.29 is 14.3 Å². The Morgan fingerprint density at radius 1 is 1.11 bits per heavy atom. The number of carbonyl (C=O) groups is 1. The third-order valence-electron chi connectivity index (χ3n) is 2.57. The van der Waals surface area contributed by atoms with E-state index in [9.17, 15) is 4.79 Å². The Balaban J connectivity index is 2.30. The molecule has 1 amide bonds. The van der Waals surface area contributed by atoms with Crippen molar-refractivity contribution in [2.24, 2.45) is 5.73 Å². The Labute approximate surface area is 110 Å². The van der Waals surface area contributed by atoms with Crippen molar-refractivity contribution in [3.05, 3.63) is 48.0 Å². The van der Waals surface area contributed by atoms with Crippen molar-refractivity contribution in [1.82, 2.24) is 0 Å². The standard InChI is InChI=1S/C14H14N2O3/c1-18-10-5-6-12(15)13(8-10)19-11-4-2-3-9(7-11)14(16)17/h2-8H,15H2,1H3,(H2,16,17). The molecular formula is C14H14N2O3. The molecule has 5 heteroatoms. The number of benzene rings is 2. The molecule has 0 spiro atoms. The summed E-state index contributed by atoms with van der Waals surface area (Å²) in [5, 5.41) is 0. The fourth-order valence-corrected chi connectivity index (χ4v) is 1.57. The molecule has 2 rings (SSSR count). The number of nitrogens with two attached hydrogens (primary N) is 2. The van der Waals surface area contributed by atoms with Crippen molar-refractivity contribution >= 4 is 11.6 Å². The molecule has 4 N–H and O–H groups in total. The van der Waals surface area contributed by atoms with Crippen molar-refractivity contribution in [1.29, 1.82) is 0 Å². The van der Waals surface area contributed by atoms with E-state index in [0.29, 0.717) is 28.5 Å². The van der Waals surface area contributed by atoms with Crippen LogP contribution >= 0.6 is 0 Å². The van der Waals surface area contributed by atoms with Crippen molar-refractivity contribution in [2.75, 3.05) is 12.8 Å². The quantitative estimate of drug-likeness (QED) is 0.823. The molecule has 19 heavy (non-hydrogen) atoms. The third kappa shape index (κ3) is 2.95. The maximum Gasteiger partial charge on any atom is 0.248 e. The lowest BCUT2D eigenvalue weighted by Crippen LogP contribution is -2.10. The first-order chi connectivity index (χ1) is 9.10. The minimum Gasteiger partial charge on any atom is -0.497 e. The molecule has 2 aromatic rings. The summed E-state index contributed by atoms with van der Waals surface area (Å²) in [5.41, 5.74) is 11.9. The summed E-state index contributed by atoms with van der Waals surface area (Å²) >= 11 is 0. The van der Waals surface area contributed by atoms with Gasteiger partial charge in [-0.25, -0.2) is 0 Å². The zero-order valence-electron chi connectivity index (χ0n) is 10.4. The number of ether oxygens (including phenoxy) is 2. The Hall–Kier alpha value is -2.69. The largest absolute Gasteiger partial charge is 0.497 e. The van der Waals surface area contributed by atoms with Crippen LogP contribution in [0.4, 0.5) is 5.69 Å². The summed E-state index contributed by atoms with van der Waals surface area (Å²) in [4.78, 5) is 11.1. The normalized spacial score (nSPS) is 9.95. The molecular weight excluding hydrogens is 244 g/mol. The molecule has 0 radical (unpaired) electrons. The van der Waals surface area contributed by atoms with Gasteiger partial charge in [0.15, 0.2) is 5.75 Å². The van der Waals surface area contributed by atoms with Crippen LogP contribution in [-0.4, -0.2) is 13.0 Å². The average Bonchev–Trinajstić information content (AvgIpc) is 2.41. The maximum atomic E-state index is 11.1. The molecule has 0 atom stereocenters. The molecule has 0 saturated carbocycles. The van der Waals surface area contributed by atoms with Gasteiger partial charge in [0.2, 0.25) is 5.91 Å². The molecule has 0 heterocycles. The number of nitrogen functional groups attached to an aromatic ring is 1. The van der Waals surface area contributed by atoms with Gasteiger partial charge in [-0.05, 0) is 30.3 Å². The van der Waals surface area contributed by atoms with E-state index < -0.39 is 5.91 Å². The van der Waals surface area contributed by atoms with Gasteiger partial charge in [-0.15, -0.1) is 0 Å². The molecule has 98 valence electrons. The number of hydrogen-bond donors (Lipinski definition) is 2. The highest BCUT2D eigenvalue weighted by Gasteiger charge is 2.06. The van der Waals surface area contributed by atoms with Crippen LogP contribution in [0.15, 0.2) is 42.5 Å². The molecule has 5 nitrogen and oxygen atoms in total. The zero-order valence-corrected chi connectivity index (χ0v) is 10.4. The molecule has 0 aromatic heterocycles. The zero-order chi connectivity index (χ0) is 13.8. The average molecular weight is 258 g/mol. The van der Waals surface area contributed by atoms with E-state index in [4.69, 9.17) is 20.9 Å². The van der Waals surface area contributed by atoms with E-state index in [-0.39, 0.29) is 0 Å². The van der Waals surface area contributed by atoms with Crippen molar-refractivity contribution in [3.63, 3.8) is 0 Å². The van der Waals surface area contributed by atoms with Gasteiger partial charge in [0.05, 0.1) is 12.8 Å². The van der Waals surface area contributed by atoms with E-state index in [1.54, 1.807) is 49.6 Å². The highest BCUT2D eigenvalue weighted by molar-refractivity contribution is 5.93. The molecule has 0 aliphatic rings. The number of primary amides is 1. The molecule has 2 aromatic carbocycles. The molecule has 0 bridgehead atoms. The summed E-state index contributed by atoms with van der Waals surface area (Å²) < 4.78 is 10.7. The Morgan fingerprint density at radius 2 is 1.89 bits per heavy atom. The van der Waals surface area contributed by atoms with E-state index >= 15 is 0 Å². The van der Waals surface area contributed by atoms with Gasteiger partial charge in [-0.2, -0.15) is 0 Å². The summed E-state index contributed by atoms with van der Waals surface area (Å²) in [6, 6.07) is 11.7. The molecule has 0 aliphatic heterocycles. The van der Waals surface area contributed by atoms with E-state index in [1.807, 2.05) is 0 Å². The van der Waals surface area contributed by atoms with Gasteiger partial charge >= 0.3 is 0 Å². The van der Waals surface area contributed by atoms with Gasteiger partial charge in [0.1, 0.15) is 11.5 Å². The first kappa shape index (κ1) is 12.8. The van der Waals surface area contributed by atoms with E-state index in [2.05, 4.69) is 0 Å². The van der Waals surface area contributed by atoms with Crippen molar-refractivity contribution in [3.8, 4) is 17.2 Å². The van der Waals surface area contributed by atoms with E-state index in [1.165, 1.54) is 0 Å². The highest BCUT2D eigenvalue weighted by atomic mass is 16.5. The van der Waals surface area contributed by atoms with Gasteiger partial charge in [0, 0.05) is 11.6 Å². The highest BCUT2D eigenvalue weighted by Crippen LogP contribution is 2.31.